The molecule has 11 rings (SSSR count). The van der Waals surface area contributed by atoms with Crippen LogP contribution in [0.15, 0.2) is 211 Å². The average Bonchev–Trinajstić information content (AvgIpc) is 3.97. The van der Waals surface area contributed by atoms with Crippen LogP contribution >= 0.6 is 11.3 Å². The Kier molecular flexibility index (Phi) is 7.11. The normalized spacial score (nSPS) is 17.7. The molecule has 3 aliphatic rings. The van der Waals surface area contributed by atoms with Crippen molar-refractivity contribution in [2.75, 3.05) is 4.90 Å². The van der Waals surface area contributed by atoms with Gasteiger partial charge in [-0.25, -0.2) is 0 Å². The second-order valence-electron chi connectivity index (χ2n) is 14.5. The number of hydrogen-bond donors (Lipinski definition) is 0. The third-order valence-electron chi connectivity index (χ3n) is 11.7. The summed E-state index contributed by atoms with van der Waals surface area (Å²) in [5, 5.41) is 4.73. The van der Waals surface area contributed by atoms with Crippen LogP contribution in [0.4, 0.5) is 11.4 Å². The molecule has 0 saturated heterocycles. The molecular formula is C51H36N2S. The smallest absolute Gasteiger partial charge is 0.0714 e. The summed E-state index contributed by atoms with van der Waals surface area (Å²) in [6.07, 6.45) is 18.4. The SMILES string of the molecule is C1=CC2C=CC(N(c3ccc4c(c3)C(c3ccccc3)(c3ccccc3)c3ccccc3-4)c3cc4ccn(-c5ccccc5)c4c4sccc34)=CC2C=C1. The van der Waals surface area contributed by atoms with E-state index in [-0.39, 0.29) is 0 Å². The van der Waals surface area contributed by atoms with E-state index in [9.17, 15) is 0 Å². The van der Waals surface area contributed by atoms with Crippen LogP contribution in [0.1, 0.15) is 22.3 Å². The van der Waals surface area contributed by atoms with Gasteiger partial charge >= 0.3 is 0 Å². The molecule has 2 heterocycles. The first-order chi connectivity index (χ1) is 26.8. The summed E-state index contributed by atoms with van der Waals surface area (Å²) in [6, 6.07) is 56.1. The van der Waals surface area contributed by atoms with E-state index in [0.717, 1.165) is 5.69 Å². The zero-order chi connectivity index (χ0) is 35.6. The highest BCUT2D eigenvalue weighted by molar-refractivity contribution is 7.18. The Labute approximate surface area is 319 Å². The number of allylic oxidation sites excluding steroid dienone is 7. The van der Waals surface area contributed by atoms with E-state index in [1.54, 1.807) is 0 Å². The Morgan fingerprint density at radius 1 is 0.593 bits per heavy atom. The number of benzene rings is 6. The summed E-state index contributed by atoms with van der Waals surface area (Å²) >= 11 is 1.82. The van der Waals surface area contributed by atoms with Gasteiger partial charge in [0.25, 0.3) is 0 Å². The van der Waals surface area contributed by atoms with Crippen molar-refractivity contribution >= 4 is 43.7 Å². The zero-order valence-corrected chi connectivity index (χ0v) is 30.4. The van der Waals surface area contributed by atoms with Gasteiger partial charge in [-0.1, -0.05) is 146 Å². The molecule has 256 valence electrons. The van der Waals surface area contributed by atoms with Gasteiger partial charge in [-0.15, -0.1) is 11.3 Å². The van der Waals surface area contributed by atoms with Crippen LogP contribution in [0.25, 0.3) is 37.8 Å². The molecule has 0 amide bonds. The first-order valence-corrected chi connectivity index (χ1v) is 19.6. The van der Waals surface area contributed by atoms with Gasteiger partial charge < -0.3 is 9.47 Å². The zero-order valence-electron chi connectivity index (χ0n) is 29.6. The highest BCUT2D eigenvalue weighted by Crippen LogP contribution is 2.57. The number of nitrogens with zero attached hydrogens (tertiary/aromatic N) is 2. The number of hydrogen-bond acceptors (Lipinski definition) is 2. The Hall–Kier alpha value is -6.42. The summed E-state index contributed by atoms with van der Waals surface area (Å²) in [7, 11) is 0. The highest BCUT2D eigenvalue weighted by atomic mass is 32.1. The Morgan fingerprint density at radius 3 is 2.06 bits per heavy atom. The number of para-hydroxylation sites is 1. The van der Waals surface area contributed by atoms with Crippen LogP contribution in [0.5, 0.6) is 0 Å². The number of thiophene rings is 1. The van der Waals surface area contributed by atoms with Crippen molar-refractivity contribution in [3.63, 3.8) is 0 Å². The summed E-state index contributed by atoms with van der Waals surface area (Å²) < 4.78 is 3.63. The van der Waals surface area contributed by atoms with E-state index in [4.69, 9.17) is 0 Å². The van der Waals surface area contributed by atoms with Crippen LogP contribution in [-0.4, -0.2) is 4.57 Å². The molecule has 6 aromatic carbocycles. The maximum Gasteiger partial charge on any atom is 0.0714 e. The van der Waals surface area contributed by atoms with Gasteiger partial charge in [-0.05, 0) is 87.3 Å². The van der Waals surface area contributed by atoms with Gasteiger partial charge in [-0.2, -0.15) is 0 Å². The second-order valence-corrected chi connectivity index (χ2v) is 15.4. The predicted octanol–water partition coefficient (Wildman–Crippen LogP) is 13.2. The topological polar surface area (TPSA) is 8.17 Å². The average molecular weight is 709 g/mol. The lowest BCUT2D eigenvalue weighted by molar-refractivity contribution is 0.653. The van der Waals surface area contributed by atoms with Crippen LogP contribution < -0.4 is 4.90 Å². The minimum Gasteiger partial charge on any atom is -0.315 e. The number of anilines is 2. The van der Waals surface area contributed by atoms with E-state index in [0.29, 0.717) is 11.8 Å². The summed E-state index contributed by atoms with van der Waals surface area (Å²) in [4.78, 5) is 2.53. The number of fused-ring (bicyclic) bond motifs is 7. The molecule has 0 saturated carbocycles. The molecule has 0 aliphatic heterocycles. The van der Waals surface area contributed by atoms with E-state index in [2.05, 4.69) is 215 Å². The molecule has 0 spiro atoms. The first-order valence-electron chi connectivity index (χ1n) is 18.8. The third kappa shape index (κ3) is 4.58. The Morgan fingerprint density at radius 2 is 1.28 bits per heavy atom. The molecule has 0 bridgehead atoms. The van der Waals surface area contributed by atoms with Crippen molar-refractivity contribution in [1.82, 2.24) is 4.57 Å². The fraction of sp³-hybridized carbons (Fsp3) is 0.0588. The van der Waals surface area contributed by atoms with Crippen molar-refractivity contribution in [2.24, 2.45) is 11.8 Å². The molecule has 0 fully saturated rings. The van der Waals surface area contributed by atoms with Gasteiger partial charge in [0.2, 0.25) is 0 Å². The van der Waals surface area contributed by atoms with Gasteiger partial charge in [0, 0.05) is 45.9 Å². The lowest BCUT2D eigenvalue weighted by Gasteiger charge is -2.35. The lowest BCUT2D eigenvalue weighted by Crippen LogP contribution is -2.29. The largest absolute Gasteiger partial charge is 0.315 e. The number of rotatable bonds is 6. The molecule has 54 heavy (non-hydrogen) atoms. The van der Waals surface area contributed by atoms with Crippen LogP contribution in [-0.2, 0) is 5.41 Å². The van der Waals surface area contributed by atoms with E-state index in [1.165, 1.54) is 71.4 Å². The quantitative estimate of drug-likeness (QED) is 0.167. The lowest BCUT2D eigenvalue weighted by atomic mass is 9.67. The molecule has 3 heteroatoms. The van der Waals surface area contributed by atoms with Gasteiger partial charge in [-0.3, -0.25) is 0 Å². The maximum absolute atomic E-state index is 2.53. The molecule has 2 unspecified atom stereocenters. The first kappa shape index (κ1) is 31.1. The van der Waals surface area contributed by atoms with Crippen molar-refractivity contribution in [2.45, 2.75) is 5.41 Å². The van der Waals surface area contributed by atoms with Crippen molar-refractivity contribution in [3.8, 4) is 16.8 Å². The van der Waals surface area contributed by atoms with Crippen molar-refractivity contribution < 1.29 is 0 Å². The van der Waals surface area contributed by atoms with Gasteiger partial charge in [0.1, 0.15) is 0 Å². The standard InChI is InChI=1S/C51H36N2S/c1-4-16-38(17-5-1)51(39-18-6-2-7-19-39)46-23-13-12-22-43(46)44-27-26-42(34-47(44)51)53(41-25-24-35-14-10-11-15-36(35)32-41)48-33-37-28-30-52(40-20-8-3-9-21-40)49(37)50-45(48)29-31-54-50/h1-36H. The fourth-order valence-electron chi connectivity index (χ4n) is 9.32. The number of aromatic nitrogens is 1. The molecular weight excluding hydrogens is 673 g/mol. The van der Waals surface area contributed by atoms with Crippen molar-refractivity contribution in [3.05, 3.63) is 234 Å². The molecule has 2 aromatic heterocycles. The Bertz CT molecular complexity index is 2790. The monoisotopic (exact) mass is 708 g/mol. The van der Waals surface area contributed by atoms with Crippen LogP contribution in [0, 0.1) is 11.8 Å². The molecule has 0 radical (unpaired) electrons. The second kappa shape index (κ2) is 12.3. The predicted molar refractivity (Wildman–Crippen MR) is 227 cm³/mol. The minimum absolute atomic E-state index is 0.296. The summed E-state index contributed by atoms with van der Waals surface area (Å²) in [6.45, 7) is 0. The van der Waals surface area contributed by atoms with Gasteiger partial charge in [0.15, 0.2) is 0 Å². The minimum atomic E-state index is -0.483. The van der Waals surface area contributed by atoms with Gasteiger partial charge in [0.05, 0.1) is 21.3 Å². The third-order valence-corrected chi connectivity index (χ3v) is 12.6. The van der Waals surface area contributed by atoms with E-state index < -0.39 is 5.41 Å². The molecule has 0 N–H and O–H groups in total. The summed E-state index contributed by atoms with van der Waals surface area (Å²) in [5.41, 5.74) is 13.2. The van der Waals surface area contributed by atoms with Crippen LogP contribution in [0.2, 0.25) is 0 Å². The molecule has 3 aliphatic carbocycles. The molecule has 8 aromatic rings. The Balaban J connectivity index is 1.19. The van der Waals surface area contributed by atoms with E-state index in [1.807, 2.05) is 11.3 Å². The van der Waals surface area contributed by atoms with E-state index >= 15 is 0 Å². The molecule has 2 nitrogen and oxygen atoms in total. The maximum atomic E-state index is 2.53. The highest BCUT2D eigenvalue weighted by Gasteiger charge is 2.46. The van der Waals surface area contributed by atoms with Crippen molar-refractivity contribution in [1.29, 1.82) is 0 Å². The molecule has 2 atom stereocenters. The van der Waals surface area contributed by atoms with Crippen LogP contribution in [0.3, 0.4) is 0 Å². The summed E-state index contributed by atoms with van der Waals surface area (Å²) in [5.74, 6) is 0.659. The fourth-order valence-corrected chi connectivity index (χ4v) is 10.3.